The third-order valence-electron chi connectivity index (χ3n) is 3.92. The fraction of sp³-hybridized carbons (Fsp3) is 0.588. The number of piperazine rings is 1. The Morgan fingerprint density at radius 2 is 1.71 bits per heavy atom. The maximum absolute atomic E-state index is 12.2. The number of benzene rings is 1. The fourth-order valence-corrected chi connectivity index (χ4v) is 2.63. The lowest BCUT2D eigenvalue weighted by molar-refractivity contribution is -0.141. The number of β-amino-alcohol motifs (C(OH)–C–C–N with tert-alkyl or cyclic N) is 1. The van der Waals surface area contributed by atoms with Crippen molar-refractivity contribution in [2.75, 3.05) is 32.7 Å². The minimum absolute atomic E-state index is 0.214. The number of hydrogen-bond acceptors (Lipinski definition) is 3. The van der Waals surface area contributed by atoms with Crippen LogP contribution in [-0.2, 0) is 4.79 Å². The standard InChI is InChI=1S/C17H26N2O2/c1-17(2,3)16(21)19-11-9-18(10-12-19)13-15(20)14-7-5-4-6-8-14/h4-8,15,20H,9-13H2,1-3H3. The van der Waals surface area contributed by atoms with Gasteiger partial charge in [-0.1, -0.05) is 51.1 Å². The summed E-state index contributed by atoms with van der Waals surface area (Å²) in [6.45, 7) is 9.65. The van der Waals surface area contributed by atoms with Crippen LogP contribution in [0.1, 0.15) is 32.4 Å². The Morgan fingerprint density at radius 1 is 1.14 bits per heavy atom. The van der Waals surface area contributed by atoms with Gasteiger partial charge in [0, 0.05) is 38.1 Å². The van der Waals surface area contributed by atoms with Crippen LogP contribution in [0.2, 0.25) is 0 Å². The van der Waals surface area contributed by atoms with E-state index in [4.69, 9.17) is 0 Å². The van der Waals surface area contributed by atoms with Gasteiger partial charge in [0.1, 0.15) is 0 Å². The molecule has 1 aliphatic rings. The number of aliphatic hydroxyl groups excluding tert-OH is 1. The van der Waals surface area contributed by atoms with Crippen molar-refractivity contribution in [3.63, 3.8) is 0 Å². The van der Waals surface area contributed by atoms with Gasteiger partial charge in [-0.15, -0.1) is 0 Å². The van der Waals surface area contributed by atoms with Gasteiger partial charge in [0.2, 0.25) is 5.91 Å². The van der Waals surface area contributed by atoms with Crippen LogP contribution in [0.4, 0.5) is 0 Å². The van der Waals surface area contributed by atoms with Crippen molar-refractivity contribution in [1.82, 2.24) is 9.80 Å². The first kappa shape index (κ1) is 16.0. The first-order valence-corrected chi connectivity index (χ1v) is 7.62. The summed E-state index contributed by atoms with van der Waals surface area (Å²) >= 11 is 0. The highest BCUT2D eigenvalue weighted by Crippen LogP contribution is 2.20. The maximum atomic E-state index is 12.2. The molecule has 1 amide bonds. The second kappa shape index (κ2) is 6.58. The van der Waals surface area contributed by atoms with E-state index in [9.17, 15) is 9.90 Å². The van der Waals surface area contributed by atoms with Crippen LogP contribution < -0.4 is 0 Å². The minimum Gasteiger partial charge on any atom is -0.387 e. The van der Waals surface area contributed by atoms with Crippen molar-refractivity contribution in [1.29, 1.82) is 0 Å². The van der Waals surface area contributed by atoms with Crippen molar-refractivity contribution < 1.29 is 9.90 Å². The molecule has 0 aromatic heterocycles. The van der Waals surface area contributed by atoms with Gasteiger partial charge in [0.05, 0.1) is 6.10 Å². The zero-order valence-electron chi connectivity index (χ0n) is 13.2. The van der Waals surface area contributed by atoms with Crippen molar-refractivity contribution in [3.8, 4) is 0 Å². The quantitative estimate of drug-likeness (QED) is 0.925. The summed E-state index contributed by atoms with van der Waals surface area (Å²) in [5, 5.41) is 10.3. The molecule has 0 aliphatic carbocycles. The molecule has 4 heteroatoms. The number of amides is 1. The van der Waals surface area contributed by atoms with Crippen LogP contribution in [0.3, 0.4) is 0 Å². The Morgan fingerprint density at radius 3 is 2.24 bits per heavy atom. The molecule has 1 aromatic rings. The van der Waals surface area contributed by atoms with Crippen LogP contribution in [-0.4, -0.2) is 53.5 Å². The Kier molecular flexibility index (Phi) is 5.01. The molecule has 1 fully saturated rings. The van der Waals surface area contributed by atoms with Gasteiger partial charge < -0.3 is 10.0 Å². The second-order valence-electron chi connectivity index (χ2n) is 6.77. The monoisotopic (exact) mass is 290 g/mol. The number of rotatable bonds is 3. The Labute approximate surface area is 127 Å². The zero-order chi connectivity index (χ0) is 15.5. The third kappa shape index (κ3) is 4.29. The molecule has 1 aromatic carbocycles. The smallest absolute Gasteiger partial charge is 0.228 e. The third-order valence-corrected chi connectivity index (χ3v) is 3.92. The summed E-state index contributed by atoms with van der Waals surface area (Å²) < 4.78 is 0. The lowest BCUT2D eigenvalue weighted by Gasteiger charge is -2.38. The van der Waals surface area contributed by atoms with E-state index < -0.39 is 6.10 Å². The number of carbonyl (C=O) groups excluding carboxylic acids is 1. The average molecular weight is 290 g/mol. The predicted octanol–water partition coefficient (Wildman–Crippen LogP) is 1.91. The SMILES string of the molecule is CC(C)(C)C(=O)N1CCN(CC(O)c2ccccc2)CC1. The van der Waals surface area contributed by atoms with E-state index in [-0.39, 0.29) is 11.3 Å². The molecule has 116 valence electrons. The topological polar surface area (TPSA) is 43.8 Å². The summed E-state index contributed by atoms with van der Waals surface area (Å²) in [6.07, 6.45) is -0.462. The normalized spacial score (nSPS) is 18.6. The van der Waals surface area contributed by atoms with E-state index >= 15 is 0 Å². The molecule has 0 radical (unpaired) electrons. The minimum atomic E-state index is -0.462. The highest BCUT2D eigenvalue weighted by Gasteiger charge is 2.30. The molecule has 1 saturated heterocycles. The summed E-state index contributed by atoms with van der Waals surface area (Å²) in [5.74, 6) is 0.214. The van der Waals surface area contributed by atoms with E-state index in [1.807, 2.05) is 56.0 Å². The van der Waals surface area contributed by atoms with Gasteiger partial charge in [0.15, 0.2) is 0 Å². The first-order valence-electron chi connectivity index (χ1n) is 7.62. The van der Waals surface area contributed by atoms with Gasteiger partial charge in [-0.05, 0) is 5.56 Å². The van der Waals surface area contributed by atoms with Crippen LogP contribution in [0.15, 0.2) is 30.3 Å². The van der Waals surface area contributed by atoms with Crippen LogP contribution in [0, 0.1) is 5.41 Å². The Hall–Kier alpha value is -1.39. The average Bonchev–Trinajstić information content (AvgIpc) is 2.47. The van der Waals surface area contributed by atoms with Crippen molar-refractivity contribution in [2.45, 2.75) is 26.9 Å². The molecule has 2 rings (SSSR count). The molecule has 0 saturated carbocycles. The highest BCUT2D eigenvalue weighted by atomic mass is 16.3. The Bertz CT molecular complexity index is 459. The number of aliphatic hydroxyl groups is 1. The molecular formula is C17H26N2O2. The lowest BCUT2D eigenvalue weighted by atomic mass is 9.94. The predicted molar refractivity (Wildman–Crippen MR) is 83.9 cm³/mol. The highest BCUT2D eigenvalue weighted by molar-refractivity contribution is 5.81. The number of nitrogens with zero attached hydrogens (tertiary/aromatic N) is 2. The molecular weight excluding hydrogens is 264 g/mol. The molecule has 1 atom stereocenters. The van der Waals surface area contributed by atoms with Crippen LogP contribution >= 0.6 is 0 Å². The van der Waals surface area contributed by atoms with Gasteiger partial charge in [-0.3, -0.25) is 9.69 Å². The van der Waals surface area contributed by atoms with Crippen molar-refractivity contribution >= 4 is 5.91 Å². The lowest BCUT2D eigenvalue weighted by Crippen LogP contribution is -2.52. The van der Waals surface area contributed by atoms with Crippen LogP contribution in [0.5, 0.6) is 0 Å². The van der Waals surface area contributed by atoms with E-state index in [0.717, 1.165) is 31.7 Å². The van der Waals surface area contributed by atoms with Gasteiger partial charge in [-0.2, -0.15) is 0 Å². The summed E-state index contributed by atoms with van der Waals surface area (Å²) in [5.41, 5.74) is 0.636. The molecule has 1 unspecified atom stereocenters. The molecule has 1 aliphatic heterocycles. The summed E-state index contributed by atoms with van der Waals surface area (Å²) in [6, 6.07) is 9.73. The van der Waals surface area contributed by atoms with E-state index in [0.29, 0.717) is 6.54 Å². The van der Waals surface area contributed by atoms with Gasteiger partial charge >= 0.3 is 0 Å². The maximum Gasteiger partial charge on any atom is 0.228 e. The second-order valence-corrected chi connectivity index (χ2v) is 6.77. The fourth-order valence-electron chi connectivity index (χ4n) is 2.63. The molecule has 0 spiro atoms. The van der Waals surface area contributed by atoms with E-state index in [1.54, 1.807) is 0 Å². The molecule has 0 bridgehead atoms. The summed E-state index contributed by atoms with van der Waals surface area (Å²) in [7, 11) is 0. The summed E-state index contributed by atoms with van der Waals surface area (Å²) in [4.78, 5) is 16.4. The van der Waals surface area contributed by atoms with Crippen molar-refractivity contribution in [3.05, 3.63) is 35.9 Å². The van der Waals surface area contributed by atoms with Crippen LogP contribution in [0.25, 0.3) is 0 Å². The number of carbonyl (C=O) groups is 1. The van der Waals surface area contributed by atoms with E-state index in [1.165, 1.54) is 0 Å². The zero-order valence-corrected chi connectivity index (χ0v) is 13.2. The largest absolute Gasteiger partial charge is 0.387 e. The van der Waals surface area contributed by atoms with Crippen molar-refractivity contribution in [2.24, 2.45) is 5.41 Å². The molecule has 1 N–H and O–H groups in total. The van der Waals surface area contributed by atoms with Gasteiger partial charge in [0.25, 0.3) is 0 Å². The van der Waals surface area contributed by atoms with Gasteiger partial charge in [-0.25, -0.2) is 0 Å². The molecule has 4 nitrogen and oxygen atoms in total. The van der Waals surface area contributed by atoms with E-state index in [2.05, 4.69) is 4.90 Å². The first-order chi connectivity index (χ1) is 9.88. The Balaban J connectivity index is 1.83. The molecule has 21 heavy (non-hydrogen) atoms. The number of hydrogen-bond donors (Lipinski definition) is 1. The molecule has 1 heterocycles.